The summed E-state index contributed by atoms with van der Waals surface area (Å²) in [6, 6.07) is 8.94. The van der Waals surface area contributed by atoms with Crippen LogP contribution in [-0.4, -0.2) is 53.7 Å². The smallest absolute Gasteiger partial charge is 0.325 e. The van der Waals surface area contributed by atoms with Gasteiger partial charge in [-0.15, -0.1) is 0 Å². The molecular formula is C24H32N2O4. The predicted molar refractivity (Wildman–Crippen MR) is 112 cm³/mol. The fourth-order valence-electron chi connectivity index (χ4n) is 6.86. The quantitative estimate of drug-likeness (QED) is 0.751. The fraction of sp³-hybridized carbons (Fsp3) is 0.667. The molecule has 1 amide bonds. The molecule has 5 aliphatic rings. The number of nitrogens with zero attached hydrogens (tertiary/aromatic N) is 1. The van der Waals surface area contributed by atoms with Crippen LogP contribution in [0.3, 0.4) is 0 Å². The number of morpholine rings is 1. The molecule has 1 aliphatic heterocycles. The molecule has 4 bridgehead atoms. The number of carboxylic acid groups (broad SMARTS) is 1. The second kappa shape index (κ2) is 8.31. The Morgan fingerprint density at radius 2 is 1.73 bits per heavy atom. The molecule has 4 saturated carbocycles. The summed E-state index contributed by atoms with van der Waals surface area (Å²) in [4.78, 5) is 26.8. The molecule has 1 aromatic carbocycles. The van der Waals surface area contributed by atoms with Gasteiger partial charge in [-0.1, -0.05) is 30.3 Å². The van der Waals surface area contributed by atoms with E-state index >= 15 is 0 Å². The van der Waals surface area contributed by atoms with Gasteiger partial charge < -0.3 is 15.2 Å². The van der Waals surface area contributed by atoms with E-state index in [-0.39, 0.29) is 12.0 Å². The highest BCUT2D eigenvalue weighted by Gasteiger charge is 2.48. The van der Waals surface area contributed by atoms with Crippen LogP contribution in [-0.2, 0) is 14.3 Å². The van der Waals surface area contributed by atoms with Crippen molar-refractivity contribution in [3.05, 3.63) is 35.9 Å². The second-order valence-electron chi connectivity index (χ2n) is 9.87. The number of benzene rings is 1. The van der Waals surface area contributed by atoms with Crippen LogP contribution >= 0.6 is 0 Å². The third-order valence-electron chi connectivity index (χ3n) is 7.85. The molecule has 0 spiro atoms. The number of nitrogens with one attached hydrogen (secondary N) is 1. The van der Waals surface area contributed by atoms with Gasteiger partial charge in [0.15, 0.2) is 0 Å². The van der Waals surface area contributed by atoms with Gasteiger partial charge in [-0.3, -0.25) is 14.5 Å². The van der Waals surface area contributed by atoms with Gasteiger partial charge in [0.25, 0.3) is 0 Å². The van der Waals surface area contributed by atoms with Crippen molar-refractivity contribution in [1.82, 2.24) is 10.2 Å². The minimum Gasteiger partial charge on any atom is -0.480 e. The minimum absolute atomic E-state index is 0.0610. The van der Waals surface area contributed by atoms with Gasteiger partial charge >= 0.3 is 5.97 Å². The van der Waals surface area contributed by atoms with Crippen LogP contribution in [0.5, 0.6) is 0 Å². The molecule has 6 nitrogen and oxygen atoms in total. The van der Waals surface area contributed by atoms with Crippen LogP contribution in [0.2, 0.25) is 0 Å². The van der Waals surface area contributed by atoms with E-state index in [0.717, 1.165) is 17.4 Å². The molecule has 2 unspecified atom stereocenters. The highest BCUT2D eigenvalue weighted by atomic mass is 16.5. The minimum atomic E-state index is -0.861. The van der Waals surface area contributed by atoms with Crippen molar-refractivity contribution in [2.75, 3.05) is 19.7 Å². The zero-order valence-electron chi connectivity index (χ0n) is 17.4. The van der Waals surface area contributed by atoms with E-state index in [9.17, 15) is 14.7 Å². The molecule has 0 radical (unpaired) electrons. The Labute approximate surface area is 178 Å². The summed E-state index contributed by atoms with van der Waals surface area (Å²) < 4.78 is 5.86. The van der Waals surface area contributed by atoms with E-state index < -0.39 is 12.0 Å². The number of ether oxygens (including phenoxy) is 1. The number of hydrogen-bond acceptors (Lipinski definition) is 4. The van der Waals surface area contributed by atoms with E-state index in [4.69, 9.17) is 4.74 Å². The topological polar surface area (TPSA) is 78.9 Å². The van der Waals surface area contributed by atoms with Crippen LogP contribution < -0.4 is 5.32 Å². The number of carbonyl (C=O) groups excluding carboxylic acids is 1. The Kier molecular flexibility index (Phi) is 5.54. The van der Waals surface area contributed by atoms with Crippen LogP contribution in [0.4, 0.5) is 0 Å². The fourth-order valence-corrected chi connectivity index (χ4v) is 6.86. The van der Waals surface area contributed by atoms with Crippen molar-refractivity contribution in [1.29, 1.82) is 0 Å². The van der Waals surface area contributed by atoms with E-state index in [0.29, 0.717) is 44.0 Å². The maximum Gasteiger partial charge on any atom is 0.325 e. The molecule has 2 atom stereocenters. The molecule has 1 saturated heterocycles. The summed E-state index contributed by atoms with van der Waals surface area (Å²) >= 11 is 0. The van der Waals surface area contributed by atoms with E-state index in [2.05, 4.69) is 5.32 Å². The van der Waals surface area contributed by atoms with Crippen LogP contribution in [0.1, 0.15) is 50.1 Å². The molecule has 2 N–H and O–H groups in total. The van der Waals surface area contributed by atoms with Crippen LogP contribution in [0.15, 0.2) is 30.3 Å². The normalized spacial score (nSPS) is 36.4. The molecule has 5 fully saturated rings. The molecule has 6 rings (SSSR count). The first-order valence-corrected chi connectivity index (χ1v) is 11.5. The molecular weight excluding hydrogens is 380 g/mol. The van der Waals surface area contributed by atoms with Gasteiger partial charge in [-0.05, 0) is 61.3 Å². The number of aliphatic carboxylic acids is 1. The van der Waals surface area contributed by atoms with Crippen molar-refractivity contribution < 1.29 is 19.4 Å². The summed E-state index contributed by atoms with van der Waals surface area (Å²) in [5.41, 5.74) is 0.767. The summed E-state index contributed by atoms with van der Waals surface area (Å²) in [6.45, 7) is 1.47. The lowest BCUT2D eigenvalue weighted by Crippen LogP contribution is -2.56. The largest absolute Gasteiger partial charge is 0.480 e. The number of amides is 1. The SMILES string of the molecule is O=C(CC1CN(C(C(=O)O)c2ccccc2)CCO1)NC1C2CC3CC(C2)CC1C3. The Bertz CT molecular complexity index is 755. The Morgan fingerprint density at radius 3 is 2.37 bits per heavy atom. The molecule has 162 valence electrons. The van der Waals surface area contributed by atoms with Crippen LogP contribution in [0, 0.1) is 23.7 Å². The maximum atomic E-state index is 12.9. The number of hydrogen-bond donors (Lipinski definition) is 2. The lowest BCUT2D eigenvalue weighted by Gasteiger charge is -2.54. The van der Waals surface area contributed by atoms with Gasteiger partial charge in [0.1, 0.15) is 6.04 Å². The first-order chi connectivity index (χ1) is 14.6. The summed E-state index contributed by atoms with van der Waals surface area (Å²) in [5.74, 6) is 2.29. The highest BCUT2D eigenvalue weighted by Crippen LogP contribution is 2.53. The number of rotatable bonds is 6. The number of carboxylic acids is 1. The molecule has 1 aromatic rings. The highest BCUT2D eigenvalue weighted by molar-refractivity contribution is 5.77. The van der Waals surface area contributed by atoms with Gasteiger partial charge in [-0.25, -0.2) is 0 Å². The van der Waals surface area contributed by atoms with E-state index in [1.165, 1.54) is 32.1 Å². The predicted octanol–water partition coefficient (Wildman–Crippen LogP) is 2.84. The number of carbonyl (C=O) groups is 2. The standard InChI is InChI=1S/C24H32N2O4/c27-21(25-22-18-9-15-8-16(11-18)12-19(22)10-15)13-20-14-26(6-7-30-20)23(24(28)29)17-4-2-1-3-5-17/h1-5,15-16,18-20,22-23H,6-14H2,(H,25,27)(H,28,29). The Balaban J connectivity index is 1.19. The third kappa shape index (κ3) is 4.00. The van der Waals surface area contributed by atoms with Gasteiger partial charge in [0.2, 0.25) is 5.91 Å². The molecule has 1 heterocycles. The molecule has 0 aromatic heterocycles. The van der Waals surface area contributed by atoms with E-state index in [1.54, 1.807) is 0 Å². The van der Waals surface area contributed by atoms with Crippen molar-refractivity contribution in [2.24, 2.45) is 23.7 Å². The van der Waals surface area contributed by atoms with Crippen LogP contribution in [0.25, 0.3) is 0 Å². The Hall–Kier alpha value is -1.92. The van der Waals surface area contributed by atoms with Gasteiger partial charge in [-0.2, -0.15) is 0 Å². The van der Waals surface area contributed by atoms with E-state index in [1.807, 2.05) is 35.2 Å². The first kappa shape index (κ1) is 20.0. The zero-order chi connectivity index (χ0) is 20.7. The third-order valence-corrected chi connectivity index (χ3v) is 7.85. The molecule has 6 heteroatoms. The lowest BCUT2D eigenvalue weighted by atomic mass is 9.54. The average Bonchev–Trinajstić information content (AvgIpc) is 2.71. The lowest BCUT2D eigenvalue weighted by molar-refractivity contribution is -0.147. The van der Waals surface area contributed by atoms with Gasteiger partial charge in [0.05, 0.1) is 19.1 Å². The first-order valence-electron chi connectivity index (χ1n) is 11.5. The Morgan fingerprint density at radius 1 is 1.07 bits per heavy atom. The summed E-state index contributed by atoms with van der Waals surface area (Å²) in [5, 5.41) is 13.2. The van der Waals surface area contributed by atoms with Crippen molar-refractivity contribution in [3.63, 3.8) is 0 Å². The maximum absolute atomic E-state index is 12.9. The summed E-state index contributed by atoms with van der Waals surface area (Å²) in [7, 11) is 0. The molecule has 30 heavy (non-hydrogen) atoms. The van der Waals surface area contributed by atoms with Crippen molar-refractivity contribution in [3.8, 4) is 0 Å². The zero-order valence-corrected chi connectivity index (χ0v) is 17.4. The van der Waals surface area contributed by atoms with Crippen molar-refractivity contribution in [2.45, 2.75) is 56.7 Å². The monoisotopic (exact) mass is 412 g/mol. The average molecular weight is 413 g/mol. The summed E-state index contributed by atoms with van der Waals surface area (Å²) in [6.07, 6.45) is 6.57. The van der Waals surface area contributed by atoms with Gasteiger partial charge in [0, 0.05) is 19.1 Å². The molecule has 4 aliphatic carbocycles. The second-order valence-corrected chi connectivity index (χ2v) is 9.87. The van der Waals surface area contributed by atoms with Crippen molar-refractivity contribution >= 4 is 11.9 Å².